The fraction of sp³-hybridized carbons (Fsp3) is 0.300. The highest BCUT2D eigenvalue weighted by Crippen LogP contribution is 2.23. The molecule has 8 heteroatoms. The number of unbranched alkanes of at least 4 members (excludes halogenated alkanes) is 3. The van der Waals surface area contributed by atoms with Gasteiger partial charge in [0.1, 0.15) is 16.0 Å². The van der Waals surface area contributed by atoms with Gasteiger partial charge in [-0.3, -0.25) is 9.59 Å². The van der Waals surface area contributed by atoms with Crippen LogP contribution in [0.4, 0.5) is 5.69 Å². The predicted molar refractivity (Wildman–Crippen MR) is 111 cm³/mol. The first kappa shape index (κ1) is 20.3. The third kappa shape index (κ3) is 4.69. The molecule has 3 aromatic heterocycles. The Hall–Kier alpha value is -2.44. The molecule has 0 radical (unpaired) electrons. The van der Waals surface area contributed by atoms with E-state index in [0.29, 0.717) is 22.3 Å². The second-order valence-corrected chi connectivity index (χ2v) is 7.23. The minimum Gasteiger partial charge on any atom is -0.332 e. The van der Waals surface area contributed by atoms with E-state index in [4.69, 9.17) is 23.2 Å². The number of carbonyl (C=O) groups is 2. The first-order valence-electron chi connectivity index (χ1n) is 9.12. The van der Waals surface area contributed by atoms with E-state index < -0.39 is 11.7 Å². The predicted octanol–water partition coefficient (Wildman–Crippen LogP) is 5.14. The number of pyridine rings is 2. The molecule has 6 nitrogen and oxygen atoms in total. The smallest absolute Gasteiger partial charge is 0.296 e. The number of ketones is 1. The molecular formula is C20H20Cl2N4O2. The Morgan fingerprint density at radius 3 is 2.61 bits per heavy atom. The Balaban J connectivity index is 1.83. The third-order valence-corrected chi connectivity index (χ3v) is 4.75. The fourth-order valence-corrected chi connectivity index (χ4v) is 3.49. The molecule has 0 spiro atoms. The highest BCUT2D eigenvalue weighted by molar-refractivity contribution is 6.48. The third-order valence-electron chi connectivity index (χ3n) is 4.36. The minimum absolute atomic E-state index is 0.128. The van der Waals surface area contributed by atoms with Crippen LogP contribution in [-0.2, 0) is 11.3 Å². The molecule has 0 saturated carbocycles. The van der Waals surface area contributed by atoms with E-state index in [1.54, 1.807) is 24.5 Å². The molecule has 0 aliphatic carbocycles. The largest absolute Gasteiger partial charge is 0.332 e. The number of halogens is 2. The molecule has 1 amide bonds. The van der Waals surface area contributed by atoms with Crippen LogP contribution in [0.5, 0.6) is 0 Å². The molecule has 146 valence electrons. The summed E-state index contributed by atoms with van der Waals surface area (Å²) in [5.41, 5.74) is 1.33. The number of hydrogen-bond acceptors (Lipinski definition) is 4. The Bertz CT molecular complexity index is 996. The Kier molecular flexibility index (Phi) is 6.65. The van der Waals surface area contributed by atoms with E-state index >= 15 is 0 Å². The average molecular weight is 419 g/mol. The lowest BCUT2D eigenvalue weighted by Crippen LogP contribution is -2.22. The van der Waals surface area contributed by atoms with Crippen LogP contribution in [-0.4, -0.2) is 26.2 Å². The number of nitrogens with zero attached hydrogens (tertiary/aromatic N) is 3. The molecule has 0 atom stereocenters. The number of fused-ring (bicyclic) bond motifs is 1. The molecule has 28 heavy (non-hydrogen) atoms. The molecule has 1 N–H and O–H groups in total. The SMILES string of the molecule is CCCCCCn1cc(C(=O)C(=O)Nc2cc(Cl)nc(Cl)c2)c2cccnc21. The van der Waals surface area contributed by atoms with Gasteiger partial charge in [0.15, 0.2) is 0 Å². The number of aromatic nitrogens is 3. The molecule has 0 fully saturated rings. The first-order valence-corrected chi connectivity index (χ1v) is 9.88. The first-order chi connectivity index (χ1) is 13.5. The summed E-state index contributed by atoms with van der Waals surface area (Å²) in [7, 11) is 0. The summed E-state index contributed by atoms with van der Waals surface area (Å²) >= 11 is 11.7. The van der Waals surface area contributed by atoms with Crippen molar-refractivity contribution in [3.63, 3.8) is 0 Å². The summed E-state index contributed by atoms with van der Waals surface area (Å²) in [6, 6.07) is 6.40. The number of aryl methyl sites for hydroxylation is 1. The second kappa shape index (κ2) is 9.17. The highest BCUT2D eigenvalue weighted by Gasteiger charge is 2.22. The Morgan fingerprint density at radius 1 is 1.14 bits per heavy atom. The molecule has 0 saturated heterocycles. The molecule has 0 bridgehead atoms. The Morgan fingerprint density at radius 2 is 1.89 bits per heavy atom. The van der Waals surface area contributed by atoms with Crippen molar-refractivity contribution < 1.29 is 9.59 Å². The summed E-state index contributed by atoms with van der Waals surface area (Å²) in [5.74, 6) is -1.42. The quantitative estimate of drug-likeness (QED) is 0.237. The lowest BCUT2D eigenvalue weighted by Gasteiger charge is -2.05. The monoisotopic (exact) mass is 418 g/mol. The van der Waals surface area contributed by atoms with E-state index in [0.717, 1.165) is 32.2 Å². The van der Waals surface area contributed by atoms with Crippen LogP contribution >= 0.6 is 23.2 Å². The summed E-state index contributed by atoms with van der Waals surface area (Å²) < 4.78 is 1.94. The molecule has 0 aliphatic rings. The topological polar surface area (TPSA) is 76.9 Å². The number of amides is 1. The molecule has 3 rings (SSSR count). The number of hydrogen-bond donors (Lipinski definition) is 1. The zero-order valence-corrected chi connectivity index (χ0v) is 16.9. The van der Waals surface area contributed by atoms with Crippen LogP contribution in [0.1, 0.15) is 43.0 Å². The van der Waals surface area contributed by atoms with Crippen molar-refractivity contribution in [1.29, 1.82) is 0 Å². The standard InChI is InChI=1S/C20H20Cl2N4O2/c1-2-3-4-5-9-26-12-15(14-7-6-8-23-19(14)26)18(27)20(28)24-13-10-16(21)25-17(22)11-13/h6-8,10-12H,2-5,9H2,1H3,(H,24,25,28). The maximum absolute atomic E-state index is 12.8. The van der Waals surface area contributed by atoms with Crippen molar-refractivity contribution >= 4 is 51.6 Å². The van der Waals surface area contributed by atoms with Crippen LogP contribution in [0.25, 0.3) is 11.0 Å². The van der Waals surface area contributed by atoms with Crippen LogP contribution in [0, 0.1) is 0 Å². The number of carbonyl (C=O) groups excluding carboxylic acids is 2. The average Bonchev–Trinajstić information content (AvgIpc) is 3.02. The fourth-order valence-electron chi connectivity index (χ4n) is 3.03. The number of Topliss-reactive ketones (excluding diaryl/α,β-unsaturated/α-hetero) is 1. The van der Waals surface area contributed by atoms with Gasteiger partial charge < -0.3 is 9.88 Å². The minimum atomic E-state index is -0.771. The zero-order valence-electron chi connectivity index (χ0n) is 15.4. The van der Waals surface area contributed by atoms with Crippen LogP contribution in [0.15, 0.2) is 36.7 Å². The van der Waals surface area contributed by atoms with Crippen molar-refractivity contribution in [1.82, 2.24) is 14.5 Å². The van der Waals surface area contributed by atoms with Crippen LogP contribution in [0.2, 0.25) is 10.3 Å². The van der Waals surface area contributed by atoms with Gasteiger partial charge in [0.2, 0.25) is 0 Å². The maximum Gasteiger partial charge on any atom is 0.296 e. The summed E-state index contributed by atoms with van der Waals surface area (Å²) in [5, 5.41) is 3.44. The number of rotatable bonds is 8. The zero-order chi connectivity index (χ0) is 20.1. The van der Waals surface area contributed by atoms with E-state index in [-0.39, 0.29) is 10.3 Å². The van der Waals surface area contributed by atoms with Gasteiger partial charge in [0, 0.05) is 30.0 Å². The van der Waals surface area contributed by atoms with Crippen molar-refractivity contribution in [3.8, 4) is 0 Å². The van der Waals surface area contributed by atoms with E-state index in [9.17, 15) is 9.59 Å². The molecular weight excluding hydrogens is 399 g/mol. The molecule has 3 aromatic rings. The van der Waals surface area contributed by atoms with E-state index in [2.05, 4.69) is 22.2 Å². The molecule has 0 aromatic carbocycles. The van der Waals surface area contributed by atoms with Crippen LogP contribution in [0.3, 0.4) is 0 Å². The van der Waals surface area contributed by atoms with Crippen LogP contribution < -0.4 is 5.32 Å². The summed E-state index contributed by atoms with van der Waals surface area (Å²) in [6.45, 7) is 2.91. The van der Waals surface area contributed by atoms with E-state index in [1.165, 1.54) is 12.1 Å². The molecule has 0 aliphatic heterocycles. The Labute approximate surface area is 172 Å². The van der Waals surface area contributed by atoms with Crippen molar-refractivity contribution in [3.05, 3.63) is 52.5 Å². The van der Waals surface area contributed by atoms with Gasteiger partial charge in [0.05, 0.1) is 5.56 Å². The van der Waals surface area contributed by atoms with E-state index in [1.807, 2.05) is 4.57 Å². The highest BCUT2D eigenvalue weighted by atomic mass is 35.5. The van der Waals surface area contributed by atoms with Gasteiger partial charge in [-0.05, 0) is 30.7 Å². The van der Waals surface area contributed by atoms with Crippen molar-refractivity contribution in [2.75, 3.05) is 5.32 Å². The molecule has 0 unspecified atom stereocenters. The van der Waals surface area contributed by atoms with Gasteiger partial charge in [0.25, 0.3) is 11.7 Å². The van der Waals surface area contributed by atoms with Gasteiger partial charge in [-0.1, -0.05) is 49.4 Å². The van der Waals surface area contributed by atoms with Crippen molar-refractivity contribution in [2.45, 2.75) is 39.2 Å². The van der Waals surface area contributed by atoms with Gasteiger partial charge in [-0.25, -0.2) is 9.97 Å². The number of anilines is 1. The lowest BCUT2D eigenvalue weighted by atomic mass is 10.1. The second-order valence-electron chi connectivity index (χ2n) is 6.46. The maximum atomic E-state index is 12.8. The van der Waals surface area contributed by atoms with Gasteiger partial charge >= 0.3 is 0 Å². The van der Waals surface area contributed by atoms with Gasteiger partial charge in [-0.2, -0.15) is 0 Å². The summed E-state index contributed by atoms with van der Waals surface area (Å²) in [6.07, 6.45) is 7.80. The lowest BCUT2D eigenvalue weighted by molar-refractivity contribution is -0.112. The normalized spacial score (nSPS) is 11.0. The number of nitrogens with one attached hydrogen (secondary N) is 1. The van der Waals surface area contributed by atoms with Gasteiger partial charge in [-0.15, -0.1) is 0 Å². The molecule has 3 heterocycles. The van der Waals surface area contributed by atoms with Crippen molar-refractivity contribution in [2.24, 2.45) is 0 Å². The summed E-state index contributed by atoms with van der Waals surface area (Å²) in [4.78, 5) is 33.5.